The van der Waals surface area contributed by atoms with Gasteiger partial charge in [-0.05, 0) is 49.2 Å². The fourth-order valence-electron chi connectivity index (χ4n) is 2.27. The topological polar surface area (TPSA) is 24.9 Å². The molecular formula is C17H21FN2. The Morgan fingerprint density at radius 3 is 2.60 bits per heavy atom. The minimum atomic E-state index is -0.158. The average molecular weight is 272 g/mol. The first-order valence-corrected chi connectivity index (χ1v) is 7.01. The second kappa shape index (κ2) is 6.62. The van der Waals surface area contributed by atoms with Gasteiger partial charge in [0.05, 0.1) is 0 Å². The molecule has 106 valence electrons. The highest BCUT2D eigenvalue weighted by atomic mass is 19.1. The van der Waals surface area contributed by atoms with Gasteiger partial charge in [0.25, 0.3) is 0 Å². The zero-order valence-electron chi connectivity index (χ0n) is 12.3. The lowest BCUT2D eigenvalue weighted by molar-refractivity contribution is 0.577. The van der Waals surface area contributed by atoms with Crippen LogP contribution in [0.5, 0.6) is 0 Å². The summed E-state index contributed by atoms with van der Waals surface area (Å²) in [6.45, 7) is 3.91. The quantitative estimate of drug-likeness (QED) is 0.899. The van der Waals surface area contributed by atoms with Crippen LogP contribution in [0.2, 0.25) is 0 Å². The van der Waals surface area contributed by atoms with E-state index < -0.39 is 0 Å². The van der Waals surface area contributed by atoms with Crippen molar-refractivity contribution >= 4 is 0 Å². The molecular weight excluding hydrogens is 251 g/mol. The predicted octanol–water partition coefficient (Wildman–Crippen LogP) is 3.59. The van der Waals surface area contributed by atoms with Gasteiger partial charge in [-0.25, -0.2) is 4.39 Å². The molecule has 0 aliphatic heterocycles. The minimum Gasteiger partial charge on any atom is -0.313 e. The third-order valence-electron chi connectivity index (χ3n) is 3.64. The van der Waals surface area contributed by atoms with Gasteiger partial charge < -0.3 is 5.32 Å². The Morgan fingerprint density at radius 1 is 1.25 bits per heavy atom. The van der Waals surface area contributed by atoms with Crippen LogP contribution in [0.25, 0.3) is 0 Å². The van der Waals surface area contributed by atoms with Crippen LogP contribution in [0.3, 0.4) is 0 Å². The molecule has 3 heteroatoms. The highest BCUT2D eigenvalue weighted by molar-refractivity contribution is 5.28. The molecule has 1 aromatic heterocycles. The van der Waals surface area contributed by atoms with E-state index in [1.807, 2.05) is 25.4 Å². The maximum atomic E-state index is 13.3. The lowest BCUT2D eigenvalue weighted by Crippen LogP contribution is -2.19. The van der Waals surface area contributed by atoms with Crippen LogP contribution >= 0.6 is 0 Å². The Kier molecular flexibility index (Phi) is 4.85. The number of rotatable bonds is 5. The van der Waals surface area contributed by atoms with Gasteiger partial charge in [-0.3, -0.25) is 4.98 Å². The summed E-state index contributed by atoms with van der Waals surface area (Å²) in [6, 6.07) is 9.60. The molecule has 0 aliphatic carbocycles. The van der Waals surface area contributed by atoms with Crippen molar-refractivity contribution in [1.29, 1.82) is 0 Å². The van der Waals surface area contributed by atoms with Crippen molar-refractivity contribution in [3.63, 3.8) is 0 Å². The standard InChI is InChI=1S/C17H21FN2/c1-4-13-5-7-15(20-11-13)10-17(19-3)14-6-8-16(18)12(2)9-14/h5-9,11,17,19H,4,10H2,1-3H3. The number of aryl methyl sites for hydroxylation is 2. The SMILES string of the molecule is CCc1ccc(CC(NC)c2ccc(F)c(C)c2)nc1. The van der Waals surface area contributed by atoms with Crippen molar-refractivity contribution in [3.05, 3.63) is 64.7 Å². The molecule has 1 heterocycles. The van der Waals surface area contributed by atoms with Crippen molar-refractivity contribution in [3.8, 4) is 0 Å². The van der Waals surface area contributed by atoms with Gasteiger partial charge in [-0.1, -0.05) is 25.1 Å². The molecule has 2 aromatic rings. The van der Waals surface area contributed by atoms with Crippen LogP contribution < -0.4 is 5.32 Å². The maximum Gasteiger partial charge on any atom is 0.126 e. The molecule has 2 rings (SSSR count). The largest absolute Gasteiger partial charge is 0.313 e. The van der Waals surface area contributed by atoms with Crippen LogP contribution in [0.4, 0.5) is 4.39 Å². The molecule has 0 radical (unpaired) electrons. The van der Waals surface area contributed by atoms with Gasteiger partial charge in [0.1, 0.15) is 5.82 Å². The predicted molar refractivity (Wildman–Crippen MR) is 80.3 cm³/mol. The van der Waals surface area contributed by atoms with E-state index in [1.165, 1.54) is 11.6 Å². The molecule has 2 nitrogen and oxygen atoms in total. The summed E-state index contributed by atoms with van der Waals surface area (Å²) in [5.74, 6) is -0.158. The lowest BCUT2D eigenvalue weighted by Gasteiger charge is -2.17. The van der Waals surface area contributed by atoms with Crippen molar-refractivity contribution in [1.82, 2.24) is 10.3 Å². The lowest BCUT2D eigenvalue weighted by atomic mass is 9.99. The summed E-state index contributed by atoms with van der Waals surface area (Å²) in [6.07, 6.45) is 3.73. The molecule has 0 bridgehead atoms. The summed E-state index contributed by atoms with van der Waals surface area (Å²) in [5.41, 5.74) is 4.06. The average Bonchev–Trinajstić information content (AvgIpc) is 2.48. The van der Waals surface area contributed by atoms with E-state index in [4.69, 9.17) is 0 Å². The molecule has 1 N–H and O–H groups in total. The first-order chi connectivity index (χ1) is 9.63. The van der Waals surface area contributed by atoms with E-state index >= 15 is 0 Å². The van der Waals surface area contributed by atoms with Crippen LogP contribution in [0.15, 0.2) is 36.5 Å². The summed E-state index contributed by atoms with van der Waals surface area (Å²) in [5, 5.41) is 3.28. The van der Waals surface area contributed by atoms with E-state index in [1.54, 1.807) is 6.92 Å². The van der Waals surface area contributed by atoms with E-state index in [9.17, 15) is 4.39 Å². The zero-order valence-corrected chi connectivity index (χ0v) is 12.3. The molecule has 0 aliphatic rings. The third-order valence-corrected chi connectivity index (χ3v) is 3.64. The van der Waals surface area contributed by atoms with Gasteiger partial charge in [0.15, 0.2) is 0 Å². The van der Waals surface area contributed by atoms with Crippen molar-refractivity contribution < 1.29 is 4.39 Å². The Labute approximate surface area is 120 Å². The molecule has 0 saturated carbocycles. The molecule has 0 saturated heterocycles. The number of hydrogen-bond acceptors (Lipinski definition) is 2. The van der Waals surface area contributed by atoms with Crippen LogP contribution in [-0.2, 0) is 12.8 Å². The number of nitrogens with zero attached hydrogens (tertiary/aromatic N) is 1. The Balaban J connectivity index is 2.16. The van der Waals surface area contributed by atoms with Gasteiger partial charge in [0, 0.05) is 24.4 Å². The Morgan fingerprint density at radius 2 is 2.05 bits per heavy atom. The highest BCUT2D eigenvalue weighted by Crippen LogP contribution is 2.20. The van der Waals surface area contributed by atoms with Gasteiger partial charge in [0.2, 0.25) is 0 Å². The molecule has 0 spiro atoms. The number of benzene rings is 1. The summed E-state index contributed by atoms with van der Waals surface area (Å²) < 4.78 is 13.3. The highest BCUT2D eigenvalue weighted by Gasteiger charge is 2.12. The number of hydrogen-bond donors (Lipinski definition) is 1. The number of likely N-dealkylation sites (N-methyl/N-ethyl adjacent to an activating group) is 1. The molecule has 1 unspecified atom stereocenters. The van der Waals surface area contributed by atoms with E-state index in [0.717, 1.165) is 24.1 Å². The van der Waals surface area contributed by atoms with Gasteiger partial charge in [-0.15, -0.1) is 0 Å². The van der Waals surface area contributed by atoms with E-state index in [2.05, 4.69) is 29.4 Å². The summed E-state index contributed by atoms with van der Waals surface area (Å²) in [4.78, 5) is 4.49. The van der Waals surface area contributed by atoms with Crippen molar-refractivity contribution in [2.75, 3.05) is 7.05 Å². The number of nitrogens with one attached hydrogen (secondary N) is 1. The summed E-state index contributed by atoms with van der Waals surface area (Å²) in [7, 11) is 1.92. The maximum absolute atomic E-state index is 13.3. The Hall–Kier alpha value is -1.74. The van der Waals surface area contributed by atoms with Crippen LogP contribution in [0, 0.1) is 12.7 Å². The number of halogens is 1. The first kappa shape index (κ1) is 14.7. The molecule has 1 atom stereocenters. The zero-order chi connectivity index (χ0) is 14.5. The minimum absolute atomic E-state index is 0.147. The van der Waals surface area contributed by atoms with Gasteiger partial charge >= 0.3 is 0 Å². The summed E-state index contributed by atoms with van der Waals surface area (Å²) >= 11 is 0. The van der Waals surface area contributed by atoms with Crippen molar-refractivity contribution in [2.45, 2.75) is 32.7 Å². The molecule has 20 heavy (non-hydrogen) atoms. The number of aromatic nitrogens is 1. The second-order valence-corrected chi connectivity index (χ2v) is 5.07. The number of pyridine rings is 1. The monoisotopic (exact) mass is 272 g/mol. The first-order valence-electron chi connectivity index (χ1n) is 7.01. The fraction of sp³-hybridized carbons (Fsp3) is 0.353. The van der Waals surface area contributed by atoms with Gasteiger partial charge in [-0.2, -0.15) is 0 Å². The fourth-order valence-corrected chi connectivity index (χ4v) is 2.27. The van der Waals surface area contributed by atoms with Crippen LogP contribution in [-0.4, -0.2) is 12.0 Å². The molecule has 1 aromatic carbocycles. The van der Waals surface area contributed by atoms with E-state index in [-0.39, 0.29) is 11.9 Å². The smallest absolute Gasteiger partial charge is 0.126 e. The van der Waals surface area contributed by atoms with E-state index in [0.29, 0.717) is 5.56 Å². The molecule has 0 amide bonds. The Bertz CT molecular complexity index is 564. The third kappa shape index (κ3) is 3.42. The van der Waals surface area contributed by atoms with Crippen molar-refractivity contribution in [2.24, 2.45) is 0 Å². The second-order valence-electron chi connectivity index (χ2n) is 5.07. The normalized spacial score (nSPS) is 12.4. The molecule has 0 fully saturated rings. The van der Waals surface area contributed by atoms with Crippen LogP contribution in [0.1, 0.15) is 35.3 Å².